The molecule has 1 heterocycles. The number of nitrogens with one attached hydrogen (secondary N) is 1. The predicted octanol–water partition coefficient (Wildman–Crippen LogP) is 0.469. The van der Waals surface area contributed by atoms with Crippen LogP contribution in [0.3, 0.4) is 0 Å². The van der Waals surface area contributed by atoms with Crippen LogP contribution < -0.4 is 5.32 Å². The molecule has 0 aromatic carbocycles. The van der Waals surface area contributed by atoms with Gasteiger partial charge in [-0.3, -0.25) is 4.79 Å². The Labute approximate surface area is 103 Å². The normalized spacial score (nSPS) is 28.3. The fourth-order valence-corrected chi connectivity index (χ4v) is 5.02. The Morgan fingerprint density at radius 2 is 2.00 bits per heavy atom. The molecule has 2 fully saturated rings. The van der Waals surface area contributed by atoms with Crippen molar-refractivity contribution in [3.63, 3.8) is 0 Å². The van der Waals surface area contributed by atoms with Crippen molar-refractivity contribution in [3.05, 3.63) is 0 Å². The third-order valence-corrected chi connectivity index (χ3v) is 6.12. The van der Waals surface area contributed by atoms with Crippen LogP contribution in [-0.4, -0.2) is 43.0 Å². The Morgan fingerprint density at radius 1 is 1.35 bits per heavy atom. The van der Waals surface area contributed by atoms with Gasteiger partial charge in [0, 0.05) is 13.1 Å². The van der Waals surface area contributed by atoms with Crippen LogP contribution in [0.15, 0.2) is 0 Å². The van der Waals surface area contributed by atoms with Crippen molar-refractivity contribution in [2.75, 3.05) is 13.1 Å². The van der Waals surface area contributed by atoms with Crippen molar-refractivity contribution in [2.24, 2.45) is 0 Å². The van der Waals surface area contributed by atoms with Crippen molar-refractivity contribution in [3.8, 4) is 0 Å². The average Bonchev–Trinajstić information content (AvgIpc) is 2.82. The quantitative estimate of drug-likeness (QED) is 0.802. The first-order valence-corrected chi connectivity index (χ1v) is 7.86. The summed E-state index contributed by atoms with van der Waals surface area (Å²) < 4.78 is 26.3. The Bertz CT molecular complexity index is 388. The predicted molar refractivity (Wildman–Crippen MR) is 65.0 cm³/mol. The van der Waals surface area contributed by atoms with Crippen LogP contribution in [0.25, 0.3) is 0 Å². The first kappa shape index (κ1) is 12.8. The number of sulfonamides is 1. The fraction of sp³-hybridized carbons (Fsp3) is 0.909. The number of nitrogens with zero attached hydrogens (tertiary/aromatic N) is 1. The van der Waals surface area contributed by atoms with Gasteiger partial charge in [0.15, 0.2) is 0 Å². The van der Waals surface area contributed by atoms with E-state index in [0.717, 1.165) is 25.7 Å². The van der Waals surface area contributed by atoms with E-state index in [1.165, 1.54) is 4.31 Å². The van der Waals surface area contributed by atoms with Gasteiger partial charge in [0.05, 0.1) is 5.25 Å². The number of rotatable bonds is 3. The van der Waals surface area contributed by atoms with E-state index in [0.29, 0.717) is 19.5 Å². The second-order valence-corrected chi connectivity index (χ2v) is 6.94. The third-order valence-electron chi connectivity index (χ3n) is 3.72. The Hall–Kier alpha value is -0.620. The Kier molecular flexibility index (Phi) is 3.73. The van der Waals surface area contributed by atoms with Gasteiger partial charge < -0.3 is 5.32 Å². The van der Waals surface area contributed by atoms with E-state index >= 15 is 0 Å². The Morgan fingerprint density at radius 3 is 2.59 bits per heavy atom. The van der Waals surface area contributed by atoms with Gasteiger partial charge >= 0.3 is 0 Å². The second kappa shape index (κ2) is 4.94. The molecule has 1 saturated heterocycles. The zero-order valence-electron chi connectivity index (χ0n) is 10.2. The van der Waals surface area contributed by atoms with E-state index in [9.17, 15) is 13.2 Å². The highest BCUT2D eigenvalue weighted by Gasteiger charge is 2.41. The van der Waals surface area contributed by atoms with Crippen LogP contribution in [0.4, 0.5) is 0 Å². The van der Waals surface area contributed by atoms with Gasteiger partial charge in [-0.2, -0.15) is 4.31 Å². The minimum atomic E-state index is -3.28. The van der Waals surface area contributed by atoms with E-state index in [1.54, 1.807) is 0 Å². The Balaban J connectivity index is 2.21. The molecule has 0 aromatic heterocycles. The van der Waals surface area contributed by atoms with Crippen molar-refractivity contribution in [1.29, 1.82) is 0 Å². The lowest BCUT2D eigenvalue weighted by Crippen LogP contribution is -2.58. The molecule has 98 valence electrons. The summed E-state index contributed by atoms with van der Waals surface area (Å²) in [6.07, 6.45) is 4.01. The fourth-order valence-electron chi connectivity index (χ4n) is 2.77. The molecule has 1 aliphatic heterocycles. The molecule has 1 N–H and O–H groups in total. The lowest BCUT2D eigenvalue weighted by atomic mass is 10.2. The molecule has 0 aromatic rings. The van der Waals surface area contributed by atoms with Gasteiger partial charge in [-0.1, -0.05) is 19.8 Å². The van der Waals surface area contributed by atoms with Crippen LogP contribution in [0, 0.1) is 0 Å². The van der Waals surface area contributed by atoms with Gasteiger partial charge in [0.1, 0.15) is 6.04 Å². The highest BCUT2D eigenvalue weighted by atomic mass is 32.2. The second-order valence-electron chi connectivity index (χ2n) is 4.78. The lowest BCUT2D eigenvalue weighted by molar-refractivity contribution is -0.126. The van der Waals surface area contributed by atoms with Gasteiger partial charge in [0.2, 0.25) is 15.9 Å². The number of piperazine rings is 1. The molecule has 2 rings (SSSR count). The number of carbonyl (C=O) groups is 1. The minimum Gasteiger partial charge on any atom is -0.353 e. The van der Waals surface area contributed by atoms with Crippen molar-refractivity contribution >= 4 is 15.9 Å². The number of hydrogen-bond acceptors (Lipinski definition) is 3. The summed E-state index contributed by atoms with van der Waals surface area (Å²) >= 11 is 0. The molecular weight excluding hydrogens is 240 g/mol. The van der Waals surface area contributed by atoms with Gasteiger partial charge in [-0.25, -0.2) is 8.42 Å². The molecular formula is C11H20N2O3S. The smallest absolute Gasteiger partial charge is 0.238 e. The molecule has 2 aliphatic rings. The molecule has 1 atom stereocenters. The number of hydrogen-bond donors (Lipinski definition) is 1. The molecule has 0 spiro atoms. The summed E-state index contributed by atoms with van der Waals surface area (Å²) in [7, 11) is -3.28. The summed E-state index contributed by atoms with van der Waals surface area (Å²) in [6, 6.07) is -0.505. The monoisotopic (exact) mass is 260 g/mol. The van der Waals surface area contributed by atoms with E-state index in [1.807, 2.05) is 6.92 Å². The summed E-state index contributed by atoms with van der Waals surface area (Å²) in [6.45, 7) is 2.71. The highest BCUT2D eigenvalue weighted by Crippen LogP contribution is 2.29. The van der Waals surface area contributed by atoms with Crippen molar-refractivity contribution < 1.29 is 13.2 Å². The molecule has 0 bridgehead atoms. The van der Waals surface area contributed by atoms with E-state index < -0.39 is 16.1 Å². The van der Waals surface area contributed by atoms with Gasteiger partial charge in [-0.15, -0.1) is 0 Å². The zero-order chi connectivity index (χ0) is 12.5. The largest absolute Gasteiger partial charge is 0.353 e. The maximum atomic E-state index is 12.4. The standard InChI is InChI=1S/C11H20N2O3S/c1-2-10-11(14)12-7-8-13(10)17(15,16)9-5-3-4-6-9/h9-10H,2-8H2,1H3,(H,12,14). The van der Waals surface area contributed by atoms with Crippen LogP contribution in [-0.2, 0) is 14.8 Å². The topological polar surface area (TPSA) is 66.5 Å². The average molecular weight is 260 g/mol. The van der Waals surface area contributed by atoms with Crippen LogP contribution in [0.1, 0.15) is 39.0 Å². The molecule has 5 nitrogen and oxygen atoms in total. The van der Waals surface area contributed by atoms with Crippen LogP contribution >= 0.6 is 0 Å². The first-order valence-electron chi connectivity index (χ1n) is 6.35. The summed E-state index contributed by atoms with van der Waals surface area (Å²) in [5.41, 5.74) is 0. The third kappa shape index (κ3) is 2.33. The molecule has 17 heavy (non-hydrogen) atoms. The molecule has 1 amide bonds. The number of amides is 1. The summed E-state index contributed by atoms with van der Waals surface area (Å²) in [4.78, 5) is 11.7. The zero-order valence-corrected chi connectivity index (χ0v) is 11.0. The number of carbonyl (C=O) groups excluding carboxylic acids is 1. The molecule has 1 aliphatic carbocycles. The van der Waals surface area contributed by atoms with Gasteiger partial charge in [-0.05, 0) is 19.3 Å². The SMILES string of the molecule is CCC1C(=O)NCCN1S(=O)(=O)C1CCCC1. The first-order chi connectivity index (χ1) is 8.07. The molecule has 0 radical (unpaired) electrons. The van der Waals surface area contributed by atoms with Gasteiger partial charge in [0.25, 0.3) is 0 Å². The van der Waals surface area contributed by atoms with Crippen molar-refractivity contribution in [2.45, 2.75) is 50.3 Å². The summed E-state index contributed by atoms with van der Waals surface area (Å²) in [5.74, 6) is -0.152. The van der Waals surface area contributed by atoms with Crippen LogP contribution in [0.5, 0.6) is 0 Å². The maximum Gasteiger partial charge on any atom is 0.238 e. The minimum absolute atomic E-state index is 0.152. The van der Waals surface area contributed by atoms with E-state index in [4.69, 9.17) is 0 Å². The van der Waals surface area contributed by atoms with E-state index in [2.05, 4.69) is 5.32 Å². The molecule has 1 unspecified atom stereocenters. The highest BCUT2D eigenvalue weighted by molar-refractivity contribution is 7.89. The molecule has 1 saturated carbocycles. The lowest BCUT2D eigenvalue weighted by Gasteiger charge is -2.35. The van der Waals surface area contributed by atoms with E-state index in [-0.39, 0.29) is 11.2 Å². The van der Waals surface area contributed by atoms with Crippen LogP contribution in [0.2, 0.25) is 0 Å². The summed E-state index contributed by atoms with van der Waals surface area (Å²) in [5, 5.41) is 2.47. The molecule has 6 heteroatoms. The maximum absolute atomic E-state index is 12.4. The van der Waals surface area contributed by atoms with Crippen molar-refractivity contribution in [1.82, 2.24) is 9.62 Å².